The normalized spacial score (nSPS) is 20.1. The Hall–Kier alpha value is -0.960. The lowest BCUT2D eigenvalue weighted by atomic mass is 10.1. The van der Waals surface area contributed by atoms with Crippen LogP contribution in [0.25, 0.3) is 0 Å². The van der Waals surface area contributed by atoms with Crippen LogP contribution >= 0.6 is 22.6 Å². The maximum absolute atomic E-state index is 5.79. The van der Waals surface area contributed by atoms with E-state index < -0.39 is 5.54 Å². The first-order valence-corrected chi connectivity index (χ1v) is 7.31. The Morgan fingerprint density at radius 3 is 2.89 bits per heavy atom. The molecule has 0 unspecified atom stereocenters. The first kappa shape index (κ1) is 13.0. The molecule has 0 aromatic carbocycles. The molecule has 0 amide bonds. The largest absolute Gasteiger partial charge is 0.420 e. The molecular formula is C12H15IN4O2. The summed E-state index contributed by atoms with van der Waals surface area (Å²) in [5.41, 5.74) is -0.465. The maximum atomic E-state index is 5.79. The van der Waals surface area contributed by atoms with Gasteiger partial charge < -0.3 is 9.15 Å². The highest BCUT2D eigenvalue weighted by Crippen LogP contribution is 2.30. The van der Waals surface area contributed by atoms with Gasteiger partial charge in [-0.05, 0) is 49.3 Å². The number of hydrogen-bond acceptors (Lipinski definition) is 5. The lowest BCUT2D eigenvalue weighted by Gasteiger charge is -2.20. The third kappa shape index (κ3) is 2.40. The molecule has 6 nitrogen and oxygen atoms in total. The van der Waals surface area contributed by atoms with Gasteiger partial charge in [0.05, 0.1) is 9.77 Å². The zero-order valence-electron chi connectivity index (χ0n) is 10.8. The van der Waals surface area contributed by atoms with Crippen LogP contribution in [0, 0.1) is 3.57 Å². The fourth-order valence-electron chi connectivity index (χ4n) is 2.09. The van der Waals surface area contributed by atoms with Gasteiger partial charge in [-0.3, -0.25) is 4.68 Å². The number of hydrogen-bond donors (Lipinski definition) is 0. The van der Waals surface area contributed by atoms with E-state index in [1.54, 1.807) is 6.20 Å². The van der Waals surface area contributed by atoms with Crippen molar-refractivity contribution in [2.45, 2.75) is 38.3 Å². The summed E-state index contributed by atoms with van der Waals surface area (Å²) in [6.45, 7) is 4.77. The number of ether oxygens (including phenoxy) is 1. The molecule has 0 bridgehead atoms. The van der Waals surface area contributed by atoms with Crippen molar-refractivity contribution >= 4 is 22.6 Å². The van der Waals surface area contributed by atoms with E-state index in [0.29, 0.717) is 11.8 Å². The van der Waals surface area contributed by atoms with Crippen molar-refractivity contribution in [2.24, 2.45) is 0 Å². The number of nitrogens with zero attached hydrogens (tertiary/aromatic N) is 4. The van der Waals surface area contributed by atoms with Crippen LogP contribution in [-0.2, 0) is 10.3 Å². The second kappa shape index (κ2) is 4.86. The summed E-state index contributed by atoms with van der Waals surface area (Å²) >= 11 is 2.23. The summed E-state index contributed by atoms with van der Waals surface area (Å²) in [5, 5.41) is 12.6. The Morgan fingerprint density at radius 1 is 1.42 bits per heavy atom. The zero-order valence-corrected chi connectivity index (χ0v) is 13.0. The summed E-state index contributed by atoms with van der Waals surface area (Å²) in [6.07, 6.45) is 5.70. The van der Waals surface area contributed by atoms with Gasteiger partial charge in [0.15, 0.2) is 0 Å². The molecule has 3 rings (SSSR count). The molecule has 3 heterocycles. The third-order valence-electron chi connectivity index (χ3n) is 3.29. The Labute approximate surface area is 124 Å². The molecule has 1 aliphatic heterocycles. The Morgan fingerprint density at radius 2 is 2.26 bits per heavy atom. The minimum absolute atomic E-state index is 0.0465. The monoisotopic (exact) mass is 374 g/mol. The first-order chi connectivity index (χ1) is 9.07. The van der Waals surface area contributed by atoms with E-state index in [-0.39, 0.29) is 6.10 Å². The van der Waals surface area contributed by atoms with Crippen molar-refractivity contribution in [3.05, 3.63) is 27.7 Å². The Kier molecular flexibility index (Phi) is 3.34. The lowest BCUT2D eigenvalue weighted by Crippen LogP contribution is -2.28. The van der Waals surface area contributed by atoms with Gasteiger partial charge in [-0.2, -0.15) is 5.10 Å². The van der Waals surface area contributed by atoms with Crippen LogP contribution in [0.2, 0.25) is 0 Å². The predicted octanol–water partition coefficient (Wildman–Crippen LogP) is 2.51. The predicted molar refractivity (Wildman–Crippen MR) is 75.6 cm³/mol. The second-order valence-corrected chi connectivity index (χ2v) is 6.35. The van der Waals surface area contributed by atoms with Crippen LogP contribution in [-0.4, -0.2) is 26.6 Å². The van der Waals surface area contributed by atoms with Gasteiger partial charge in [0.25, 0.3) is 0 Å². The Bertz CT molecular complexity index is 572. The molecule has 1 aliphatic rings. The van der Waals surface area contributed by atoms with E-state index >= 15 is 0 Å². The van der Waals surface area contributed by atoms with Crippen molar-refractivity contribution in [2.75, 3.05) is 6.61 Å². The van der Waals surface area contributed by atoms with Gasteiger partial charge in [-0.25, -0.2) is 0 Å². The van der Waals surface area contributed by atoms with Gasteiger partial charge in [-0.1, -0.05) is 0 Å². The molecular weight excluding hydrogens is 359 g/mol. The van der Waals surface area contributed by atoms with Crippen molar-refractivity contribution in [3.8, 4) is 0 Å². The SMILES string of the molecule is CC(C)(c1nnc([C@H]2CCCO2)o1)n1cc(I)cn1. The lowest BCUT2D eigenvalue weighted by molar-refractivity contribution is 0.0861. The number of rotatable bonds is 3. The van der Waals surface area contributed by atoms with Gasteiger partial charge >= 0.3 is 0 Å². The van der Waals surface area contributed by atoms with Crippen molar-refractivity contribution < 1.29 is 9.15 Å². The van der Waals surface area contributed by atoms with Gasteiger partial charge in [0.2, 0.25) is 11.8 Å². The molecule has 0 spiro atoms. The average Bonchev–Trinajstić information content (AvgIpc) is 3.10. The average molecular weight is 374 g/mol. The van der Waals surface area contributed by atoms with E-state index in [1.807, 2.05) is 24.7 Å². The maximum Gasteiger partial charge on any atom is 0.245 e. The second-order valence-electron chi connectivity index (χ2n) is 5.11. The molecule has 1 fully saturated rings. The summed E-state index contributed by atoms with van der Waals surface area (Å²) in [6, 6.07) is 0. The zero-order chi connectivity index (χ0) is 13.5. The fraction of sp³-hybridized carbons (Fsp3) is 0.583. The molecule has 19 heavy (non-hydrogen) atoms. The molecule has 2 aromatic heterocycles. The number of halogens is 1. The topological polar surface area (TPSA) is 66.0 Å². The van der Waals surface area contributed by atoms with Crippen molar-refractivity contribution in [3.63, 3.8) is 0 Å². The first-order valence-electron chi connectivity index (χ1n) is 6.23. The highest BCUT2D eigenvalue weighted by Gasteiger charge is 2.32. The standard InChI is InChI=1S/C12H15IN4O2/c1-12(2,17-7-8(13)6-14-17)11-16-15-10(19-11)9-4-3-5-18-9/h6-7,9H,3-5H2,1-2H3/t9-/m1/s1. The smallest absolute Gasteiger partial charge is 0.245 e. The van der Waals surface area contributed by atoms with Crippen LogP contribution < -0.4 is 0 Å². The van der Waals surface area contributed by atoms with Gasteiger partial charge in [0.1, 0.15) is 11.6 Å². The summed E-state index contributed by atoms with van der Waals surface area (Å²) in [5.74, 6) is 1.12. The molecule has 2 aromatic rings. The molecule has 1 saturated heterocycles. The minimum atomic E-state index is -0.465. The van der Waals surface area contributed by atoms with Gasteiger partial charge in [0, 0.05) is 12.8 Å². The summed E-state index contributed by atoms with van der Waals surface area (Å²) < 4.78 is 14.2. The van der Waals surface area contributed by atoms with Crippen LogP contribution in [0.3, 0.4) is 0 Å². The molecule has 0 aliphatic carbocycles. The number of aromatic nitrogens is 4. The van der Waals surface area contributed by atoms with E-state index in [0.717, 1.165) is 23.0 Å². The highest BCUT2D eigenvalue weighted by atomic mass is 127. The van der Waals surface area contributed by atoms with Crippen LogP contribution in [0.1, 0.15) is 44.6 Å². The third-order valence-corrected chi connectivity index (χ3v) is 3.85. The minimum Gasteiger partial charge on any atom is -0.420 e. The van der Waals surface area contributed by atoms with E-state index in [4.69, 9.17) is 9.15 Å². The molecule has 102 valence electrons. The quantitative estimate of drug-likeness (QED) is 0.773. The Balaban J connectivity index is 1.88. The van der Waals surface area contributed by atoms with E-state index in [9.17, 15) is 0 Å². The van der Waals surface area contributed by atoms with E-state index in [1.165, 1.54) is 0 Å². The van der Waals surface area contributed by atoms with Crippen LogP contribution in [0.5, 0.6) is 0 Å². The summed E-state index contributed by atoms with van der Waals surface area (Å²) in [7, 11) is 0. The van der Waals surface area contributed by atoms with Crippen LogP contribution in [0.4, 0.5) is 0 Å². The van der Waals surface area contributed by atoms with Crippen molar-refractivity contribution in [1.29, 1.82) is 0 Å². The van der Waals surface area contributed by atoms with Crippen LogP contribution in [0.15, 0.2) is 16.8 Å². The molecule has 0 saturated carbocycles. The highest BCUT2D eigenvalue weighted by molar-refractivity contribution is 14.1. The molecule has 0 N–H and O–H groups in total. The fourth-order valence-corrected chi connectivity index (χ4v) is 2.48. The van der Waals surface area contributed by atoms with Crippen molar-refractivity contribution in [1.82, 2.24) is 20.0 Å². The molecule has 7 heteroatoms. The van der Waals surface area contributed by atoms with Gasteiger partial charge in [-0.15, -0.1) is 10.2 Å². The molecule has 0 radical (unpaired) electrons. The molecule has 1 atom stereocenters. The van der Waals surface area contributed by atoms with E-state index in [2.05, 4.69) is 37.9 Å². The summed E-state index contributed by atoms with van der Waals surface area (Å²) in [4.78, 5) is 0.